The van der Waals surface area contributed by atoms with Crippen molar-refractivity contribution < 1.29 is 28.3 Å². The lowest BCUT2D eigenvalue weighted by Gasteiger charge is -2.23. The van der Waals surface area contributed by atoms with E-state index in [1.165, 1.54) is 24.8 Å². The average molecular weight is 408 g/mol. The fourth-order valence-corrected chi connectivity index (χ4v) is 3.32. The molecule has 0 aromatic heterocycles. The van der Waals surface area contributed by atoms with Crippen LogP contribution in [0.15, 0.2) is 18.2 Å². The Morgan fingerprint density at radius 1 is 1.24 bits per heavy atom. The Morgan fingerprint density at radius 3 is 2.72 bits per heavy atom. The number of nitrogens with one attached hydrogen (secondary N) is 1. The molecule has 2 aliphatic heterocycles. The molecule has 0 radical (unpaired) electrons. The highest BCUT2D eigenvalue weighted by atomic mass is 19.1. The standard InChI is InChI=1S/C19H25FN4O5/c1-13(25)11-23-6-5-22(7-8-28-23)18-4-3-15(9-17(18)20)24-12-16(29-19(24)27)10-21-14(2)26/h3-4,9,16H,5-8,10-12H2,1-2H3,(H,21,26). The van der Waals surface area contributed by atoms with E-state index >= 15 is 0 Å². The van der Waals surface area contributed by atoms with Gasteiger partial charge in [0, 0.05) is 26.6 Å². The summed E-state index contributed by atoms with van der Waals surface area (Å²) < 4.78 is 20.0. The van der Waals surface area contributed by atoms with Gasteiger partial charge >= 0.3 is 6.09 Å². The van der Waals surface area contributed by atoms with E-state index in [-0.39, 0.29) is 31.3 Å². The Morgan fingerprint density at radius 2 is 2.03 bits per heavy atom. The van der Waals surface area contributed by atoms with Crippen LogP contribution in [0.2, 0.25) is 0 Å². The molecule has 3 rings (SSSR count). The molecular weight excluding hydrogens is 383 g/mol. The van der Waals surface area contributed by atoms with Crippen LogP contribution in [-0.2, 0) is 19.2 Å². The first-order valence-electron chi connectivity index (χ1n) is 9.48. The summed E-state index contributed by atoms with van der Waals surface area (Å²) >= 11 is 0. The zero-order valence-corrected chi connectivity index (χ0v) is 16.5. The number of ketones is 1. The van der Waals surface area contributed by atoms with E-state index < -0.39 is 18.0 Å². The molecule has 1 unspecified atom stereocenters. The molecule has 0 aliphatic carbocycles. The lowest BCUT2D eigenvalue weighted by molar-refractivity contribution is -0.157. The fraction of sp³-hybridized carbons (Fsp3) is 0.526. The number of cyclic esters (lactones) is 1. The average Bonchev–Trinajstić information content (AvgIpc) is 2.87. The van der Waals surface area contributed by atoms with Crippen molar-refractivity contribution in [2.24, 2.45) is 0 Å². The number of Topliss-reactive ketones (excluding diaryl/α,β-unsaturated/α-hetero) is 1. The van der Waals surface area contributed by atoms with Crippen LogP contribution in [0.4, 0.5) is 20.6 Å². The Balaban J connectivity index is 1.65. The number of amides is 2. The molecule has 0 spiro atoms. The summed E-state index contributed by atoms with van der Waals surface area (Å²) in [7, 11) is 0. The molecule has 1 N–H and O–H groups in total. The predicted molar refractivity (Wildman–Crippen MR) is 103 cm³/mol. The van der Waals surface area contributed by atoms with E-state index in [2.05, 4.69) is 5.32 Å². The summed E-state index contributed by atoms with van der Waals surface area (Å²) in [5.41, 5.74) is 0.801. The second kappa shape index (κ2) is 9.19. The van der Waals surface area contributed by atoms with Crippen molar-refractivity contribution in [1.29, 1.82) is 0 Å². The largest absolute Gasteiger partial charge is 0.442 e. The summed E-state index contributed by atoms with van der Waals surface area (Å²) in [6.45, 7) is 5.33. The third-order valence-corrected chi connectivity index (χ3v) is 4.69. The van der Waals surface area contributed by atoms with Gasteiger partial charge in [0.25, 0.3) is 0 Å². The number of hydrogen-bond acceptors (Lipinski definition) is 7. The van der Waals surface area contributed by atoms with Crippen LogP contribution >= 0.6 is 0 Å². The van der Waals surface area contributed by atoms with Crippen LogP contribution in [0, 0.1) is 5.82 Å². The summed E-state index contributed by atoms with van der Waals surface area (Å²) in [5, 5.41) is 4.19. The van der Waals surface area contributed by atoms with Crippen LogP contribution in [0.1, 0.15) is 13.8 Å². The molecule has 2 fully saturated rings. The van der Waals surface area contributed by atoms with Gasteiger partial charge in [0.15, 0.2) is 0 Å². The Kier molecular flexibility index (Phi) is 6.65. The van der Waals surface area contributed by atoms with Crippen molar-refractivity contribution >= 4 is 29.2 Å². The second-order valence-electron chi connectivity index (χ2n) is 7.07. The highest BCUT2D eigenvalue weighted by Crippen LogP contribution is 2.28. The maximum Gasteiger partial charge on any atom is 0.414 e. The number of rotatable bonds is 6. The van der Waals surface area contributed by atoms with E-state index in [0.717, 1.165) is 0 Å². The smallest absolute Gasteiger partial charge is 0.414 e. The van der Waals surface area contributed by atoms with Crippen molar-refractivity contribution in [3.05, 3.63) is 24.0 Å². The number of carbonyl (C=O) groups is 3. The van der Waals surface area contributed by atoms with Crippen molar-refractivity contribution in [3.8, 4) is 0 Å². The molecule has 1 aromatic rings. The van der Waals surface area contributed by atoms with Crippen LogP contribution < -0.4 is 15.1 Å². The maximum atomic E-state index is 14.8. The van der Waals surface area contributed by atoms with Crippen LogP contribution in [0.3, 0.4) is 0 Å². The van der Waals surface area contributed by atoms with E-state index in [1.54, 1.807) is 17.2 Å². The lowest BCUT2D eigenvalue weighted by atomic mass is 10.2. The summed E-state index contributed by atoms with van der Waals surface area (Å²) in [6.07, 6.45) is -1.06. The molecule has 29 heavy (non-hydrogen) atoms. The van der Waals surface area contributed by atoms with Gasteiger partial charge in [-0.3, -0.25) is 19.3 Å². The Hall–Kier alpha value is -2.72. The number of benzene rings is 1. The van der Waals surface area contributed by atoms with Crippen molar-refractivity contribution in [3.63, 3.8) is 0 Å². The zero-order valence-electron chi connectivity index (χ0n) is 16.5. The molecule has 1 atom stereocenters. The molecular formula is C19H25FN4O5. The third-order valence-electron chi connectivity index (χ3n) is 4.69. The summed E-state index contributed by atoms with van der Waals surface area (Å²) in [5.74, 6) is -0.665. The molecule has 2 amide bonds. The van der Waals surface area contributed by atoms with Crippen molar-refractivity contribution in [2.75, 3.05) is 55.7 Å². The van der Waals surface area contributed by atoms with Crippen molar-refractivity contribution in [1.82, 2.24) is 10.4 Å². The highest BCUT2D eigenvalue weighted by molar-refractivity contribution is 5.90. The van der Waals surface area contributed by atoms with Gasteiger partial charge in [-0.05, 0) is 25.1 Å². The Bertz CT molecular complexity index is 790. The molecule has 10 heteroatoms. The van der Waals surface area contributed by atoms with E-state index in [1.807, 2.05) is 4.90 Å². The van der Waals surface area contributed by atoms with Gasteiger partial charge < -0.3 is 15.0 Å². The minimum atomic E-state index is -0.574. The van der Waals surface area contributed by atoms with Crippen molar-refractivity contribution in [2.45, 2.75) is 20.0 Å². The topological polar surface area (TPSA) is 91.4 Å². The molecule has 1 aromatic carbocycles. The van der Waals surface area contributed by atoms with Gasteiger partial charge in [-0.1, -0.05) is 0 Å². The first kappa shape index (κ1) is 21.0. The lowest BCUT2D eigenvalue weighted by Crippen LogP contribution is -2.33. The third kappa shape index (κ3) is 5.42. The molecule has 2 heterocycles. The van der Waals surface area contributed by atoms with E-state index in [9.17, 15) is 18.8 Å². The quantitative estimate of drug-likeness (QED) is 0.749. The van der Waals surface area contributed by atoms with Gasteiger partial charge in [-0.2, -0.15) is 5.06 Å². The Labute approximate surface area is 168 Å². The number of carbonyl (C=O) groups excluding carboxylic acids is 3. The van der Waals surface area contributed by atoms with Gasteiger partial charge in [0.05, 0.1) is 37.6 Å². The SMILES string of the molecule is CC(=O)CN1CCN(c2ccc(N3CC(CNC(C)=O)OC3=O)cc2F)CCO1. The van der Waals surface area contributed by atoms with Crippen LogP contribution in [0.5, 0.6) is 0 Å². The zero-order chi connectivity index (χ0) is 21.0. The number of anilines is 2. The fourth-order valence-electron chi connectivity index (χ4n) is 3.32. The van der Waals surface area contributed by atoms with Gasteiger partial charge in [0.1, 0.15) is 17.7 Å². The first-order chi connectivity index (χ1) is 13.8. The molecule has 2 aliphatic rings. The molecule has 9 nitrogen and oxygen atoms in total. The predicted octanol–water partition coefficient (Wildman–Crippen LogP) is 0.930. The number of hydrogen-bond donors (Lipinski definition) is 1. The maximum absolute atomic E-state index is 14.8. The highest BCUT2D eigenvalue weighted by Gasteiger charge is 2.33. The second-order valence-corrected chi connectivity index (χ2v) is 7.07. The number of hydroxylamine groups is 2. The molecule has 0 saturated carbocycles. The van der Waals surface area contributed by atoms with Gasteiger partial charge in [-0.15, -0.1) is 0 Å². The van der Waals surface area contributed by atoms with Crippen LogP contribution in [-0.4, -0.2) is 74.8 Å². The molecule has 2 saturated heterocycles. The minimum Gasteiger partial charge on any atom is -0.442 e. The normalized spacial score (nSPS) is 20.4. The molecule has 0 bridgehead atoms. The minimum absolute atomic E-state index is 0.00305. The van der Waals surface area contributed by atoms with Crippen LogP contribution in [0.25, 0.3) is 0 Å². The van der Waals surface area contributed by atoms with Gasteiger partial charge in [-0.25, -0.2) is 9.18 Å². The van der Waals surface area contributed by atoms with Gasteiger partial charge in [0.2, 0.25) is 5.91 Å². The number of nitrogens with zero attached hydrogens (tertiary/aromatic N) is 3. The molecule has 158 valence electrons. The van der Waals surface area contributed by atoms with E-state index in [0.29, 0.717) is 37.6 Å². The first-order valence-corrected chi connectivity index (χ1v) is 9.48. The summed E-state index contributed by atoms with van der Waals surface area (Å²) in [4.78, 5) is 43.1. The number of ether oxygens (including phenoxy) is 1. The number of halogens is 1. The monoisotopic (exact) mass is 408 g/mol. The summed E-state index contributed by atoms with van der Waals surface area (Å²) in [6, 6.07) is 4.59. The van der Waals surface area contributed by atoms with E-state index in [4.69, 9.17) is 9.57 Å².